The van der Waals surface area contributed by atoms with Gasteiger partial charge < -0.3 is 10.2 Å². The van der Waals surface area contributed by atoms with Crippen LogP contribution in [0.25, 0.3) is 0 Å². The van der Waals surface area contributed by atoms with Crippen molar-refractivity contribution in [3.63, 3.8) is 0 Å². The second-order valence-electron chi connectivity index (χ2n) is 4.73. The summed E-state index contributed by atoms with van der Waals surface area (Å²) in [4.78, 5) is 25.2. The highest BCUT2D eigenvalue weighted by Crippen LogP contribution is 2.09. The van der Waals surface area contributed by atoms with E-state index >= 15 is 0 Å². The minimum atomic E-state index is -0.109. The van der Waals surface area contributed by atoms with Crippen molar-refractivity contribution < 1.29 is 9.59 Å². The second-order valence-corrected chi connectivity index (χ2v) is 4.73. The highest BCUT2D eigenvalue weighted by molar-refractivity contribution is 5.94. The summed E-state index contributed by atoms with van der Waals surface area (Å²) in [6.45, 7) is 4.37. The van der Waals surface area contributed by atoms with E-state index in [1.165, 1.54) is 0 Å². The van der Waals surface area contributed by atoms with Crippen LogP contribution in [0.2, 0.25) is 0 Å². The second kappa shape index (κ2) is 7.48. The Bertz CT molecular complexity index is 504. The van der Waals surface area contributed by atoms with E-state index in [0.717, 1.165) is 17.6 Å². The first-order valence-corrected chi connectivity index (χ1v) is 6.72. The molecule has 2 amide bonds. The average Bonchev–Trinajstić information content (AvgIpc) is 2.46. The third-order valence-corrected chi connectivity index (χ3v) is 3.06. The lowest BCUT2D eigenvalue weighted by atomic mass is 10.1. The Morgan fingerprint density at radius 2 is 1.85 bits per heavy atom. The van der Waals surface area contributed by atoms with E-state index in [2.05, 4.69) is 5.32 Å². The van der Waals surface area contributed by atoms with Gasteiger partial charge in [-0.25, -0.2) is 0 Å². The van der Waals surface area contributed by atoms with Crippen LogP contribution in [0.3, 0.4) is 0 Å². The van der Waals surface area contributed by atoms with E-state index in [1.807, 2.05) is 32.1 Å². The molecule has 0 saturated heterocycles. The first-order valence-electron chi connectivity index (χ1n) is 6.72. The topological polar surface area (TPSA) is 49.4 Å². The summed E-state index contributed by atoms with van der Waals surface area (Å²) >= 11 is 0. The molecule has 1 rings (SSSR count). The first kappa shape index (κ1) is 16.0. The van der Waals surface area contributed by atoms with Crippen molar-refractivity contribution in [3.8, 4) is 0 Å². The third-order valence-electron chi connectivity index (χ3n) is 3.06. The zero-order valence-electron chi connectivity index (χ0n) is 12.6. The molecule has 0 spiro atoms. The molecule has 20 heavy (non-hydrogen) atoms. The molecular formula is C16H22N2O2. The van der Waals surface area contributed by atoms with Gasteiger partial charge in [-0.2, -0.15) is 0 Å². The molecule has 0 saturated carbocycles. The maximum Gasteiger partial charge on any atom is 0.251 e. The number of allylic oxidation sites excluding steroid dienone is 1. The number of nitrogens with one attached hydrogen (secondary N) is 1. The Labute approximate surface area is 120 Å². The molecule has 0 atom stereocenters. The van der Waals surface area contributed by atoms with Crippen molar-refractivity contribution in [2.45, 2.75) is 26.8 Å². The lowest BCUT2D eigenvalue weighted by Gasteiger charge is -2.17. The summed E-state index contributed by atoms with van der Waals surface area (Å²) in [6, 6.07) is 7.27. The fourth-order valence-corrected chi connectivity index (χ4v) is 1.95. The van der Waals surface area contributed by atoms with Crippen molar-refractivity contribution in [1.82, 2.24) is 10.2 Å². The summed E-state index contributed by atoms with van der Waals surface area (Å²) in [5.41, 5.74) is 2.38. The molecule has 0 aliphatic heterocycles. The molecular weight excluding hydrogens is 252 g/mol. The van der Waals surface area contributed by atoms with Gasteiger partial charge in [0.1, 0.15) is 0 Å². The van der Waals surface area contributed by atoms with Crippen molar-refractivity contribution in [2.75, 3.05) is 14.1 Å². The Balaban J connectivity index is 2.71. The molecule has 0 aliphatic carbocycles. The van der Waals surface area contributed by atoms with Crippen molar-refractivity contribution in [2.24, 2.45) is 0 Å². The molecule has 0 aromatic heterocycles. The average molecular weight is 274 g/mol. The van der Waals surface area contributed by atoms with Gasteiger partial charge in [0.05, 0.1) is 0 Å². The normalized spacial score (nSPS) is 11.1. The Hall–Kier alpha value is -2.10. The van der Waals surface area contributed by atoms with Crippen molar-refractivity contribution in [3.05, 3.63) is 47.0 Å². The number of hydrogen-bond acceptors (Lipinski definition) is 2. The zero-order valence-corrected chi connectivity index (χ0v) is 12.6. The van der Waals surface area contributed by atoms with Gasteiger partial charge in [-0.1, -0.05) is 25.1 Å². The molecule has 1 aromatic rings. The summed E-state index contributed by atoms with van der Waals surface area (Å²) < 4.78 is 0. The molecule has 1 N–H and O–H groups in total. The largest absolute Gasteiger partial charge is 0.355 e. The van der Waals surface area contributed by atoms with Crippen LogP contribution in [0, 0.1) is 0 Å². The maximum atomic E-state index is 12.1. The number of hydrogen-bond donors (Lipinski definition) is 1. The quantitative estimate of drug-likeness (QED) is 0.838. The number of carbonyl (C=O) groups is 2. The summed E-state index contributed by atoms with van der Waals surface area (Å²) in [5.74, 6) is -0.0788. The van der Waals surface area contributed by atoms with Crippen LogP contribution >= 0.6 is 0 Å². The fraction of sp³-hybridized carbons (Fsp3) is 0.375. The zero-order chi connectivity index (χ0) is 15.1. The minimum Gasteiger partial charge on any atom is -0.355 e. The molecule has 108 valence electrons. The predicted octanol–water partition coefficient (Wildman–Crippen LogP) is 2.36. The van der Waals surface area contributed by atoms with E-state index in [0.29, 0.717) is 12.1 Å². The number of benzene rings is 1. The number of amides is 2. The van der Waals surface area contributed by atoms with E-state index in [9.17, 15) is 9.59 Å². The Morgan fingerprint density at radius 1 is 1.25 bits per heavy atom. The third kappa shape index (κ3) is 4.23. The van der Waals surface area contributed by atoms with Crippen LogP contribution in [0.1, 0.15) is 36.2 Å². The molecule has 0 heterocycles. The van der Waals surface area contributed by atoms with Crippen LogP contribution in [0.4, 0.5) is 0 Å². The van der Waals surface area contributed by atoms with Gasteiger partial charge in [0.15, 0.2) is 0 Å². The molecule has 1 aromatic carbocycles. The maximum absolute atomic E-state index is 12.1. The van der Waals surface area contributed by atoms with Crippen molar-refractivity contribution in [1.29, 1.82) is 0 Å². The molecule has 4 heteroatoms. The van der Waals surface area contributed by atoms with E-state index < -0.39 is 0 Å². The van der Waals surface area contributed by atoms with Gasteiger partial charge in [0.2, 0.25) is 5.91 Å². The molecule has 0 unspecified atom stereocenters. The SMILES string of the molecule is CC/C=C(\C)C(=O)N(C)Cc1ccc(C(=O)NC)cc1. The Kier molecular flexibility index (Phi) is 5.97. The first-order chi connectivity index (χ1) is 9.49. The molecule has 0 radical (unpaired) electrons. The van der Waals surface area contributed by atoms with E-state index in [1.54, 1.807) is 31.1 Å². The number of nitrogens with zero attached hydrogens (tertiary/aromatic N) is 1. The van der Waals surface area contributed by atoms with Crippen LogP contribution < -0.4 is 5.32 Å². The van der Waals surface area contributed by atoms with Gasteiger partial charge in [-0.05, 0) is 31.0 Å². The minimum absolute atomic E-state index is 0.0298. The van der Waals surface area contributed by atoms with Gasteiger partial charge in [0, 0.05) is 31.8 Å². The van der Waals surface area contributed by atoms with Gasteiger partial charge in [-0.15, -0.1) is 0 Å². The highest BCUT2D eigenvalue weighted by atomic mass is 16.2. The summed E-state index contributed by atoms with van der Waals surface area (Å²) in [6.07, 6.45) is 2.78. The lowest BCUT2D eigenvalue weighted by Crippen LogP contribution is -2.26. The molecule has 0 bridgehead atoms. The lowest BCUT2D eigenvalue weighted by molar-refractivity contribution is -0.126. The van der Waals surface area contributed by atoms with E-state index in [-0.39, 0.29) is 11.8 Å². The smallest absolute Gasteiger partial charge is 0.251 e. The van der Waals surface area contributed by atoms with Gasteiger partial charge >= 0.3 is 0 Å². The van der Waals surface area contributed by atoms with Crippen LogP contribution in [0.15, 0.2) is 35.9 Å². The van der Waals surface area contributed by atoms with Gasteiger partial charge in [-0.3, -0.25) is 9.59 Å². The van der Waals surface area contributed by atoms with Crippen LogP contribution in [0.5, 0.6) is 0 Å². The van der Waals surface area contributed by atoms with E-state index in [4.69, 9.17) is 0 Å². The molecule has 0 aliphatic rings. The summed E-state index contributed by atoms with van der Waals surface area (Å²) in [5, 5.41) is 2.58. The fourth-order valence-electron chi connectivity index (χ4n) is 1.95. The summed E-state index contributed by atoms with van der Waals surface area (Å²) in [7, 11) is 3.38. The molecule has 4 nitrogen and oxygen atoms in total. The predicted molar refractivity (Wildman–Crippen MR) is 80.4 cm³/mol. The molecule has 0 fully saturated rings. The standard InChI is InChI=1S/C16H22N2O2/c1-5-6-12(2)16(20)18(4)11-13-7-9-14(10-8-13)15(19)17-3/h6-10H,5,11H2,1-4H3,(H,17,19)/b12-6+. The highest BCUT2D eigenvalue weighted by Gasteiger charge is 2.11. The van der Waals surface area contributed by atoms with Crippen molar-refractivity contribution >= 4 is 11.8 Å². The number of likely N-dealkylation sites (N-methyl/N-ethyl adjacent to an activating group) is 1. The Morgan fingerprint density at radius 3 is 2.35 bits per heavy atom. The van der Waals surface area contributed by atoms with Crippen LogP contribution in [-0.2, 0) is 11.3 Å². The number of rotatable bonds is 5. The van der Waals surface area contributed by atoms with Gasteiger partial charge in [0.25, 0.3) is 5.91 Å². The monoisotopic (exact) mass is 274 g/mol. The number of carbonyl (C=O) groups excluding carboxylic acids is 2. The van der Waals surface area contributed by atoms with Crippen LogP contribution in [-0.4, -0.2) is 30.8 Å².